The van der Waals surface area contributed by atoms with Crippen molar-refractivity contribution in [3.05, 3.63) is 38.4 Å². The zero-order chi connectivity index (χ0) is 16.0. The lowest BCUT2D eigenvalue weighted by Gasteiger charge is -2.08. The Bertz CT molecular complexity index is 562. The molecule has 0 aliphatic heterocycles. The molecule has 0 fully saturated rings. The van der Waals surface area contributed by atoms with Crippen LogP contribution in [0, 0.1) is 20.2 Å². The van der Waals surface area contributed by atoms with Crippen molar-refractivity contribution in [2.45, 2.75) is 18.9 Å². The van der Waals surface area contributed by atoms with Crippen molar-refractivity contribution in [2.75, 3.05) is 11.9 Å². The van der Waals surface area contributed by atoms with E-state index < -0.39 is 27.5 Å². The van der Waals surface area contributed by atoms with Crippen molar-refractivity contribution in [3.8, 4) is 0 Å². The number of anilines is 1. The fourth-order valence-corrected chi connectivity index (χ4v) is 1.60. The largest absolute Gasteiger partial charge is 0.480 e. The van der Waals surface area contributed by atoms with E-state index in [0.717, 1.165) is 12.1 Å². The Kier molecular flexibility index (Phi) is 5.55. The van der Waals surface area contributed by atoms with Crippen LogP contribution >= 0.6 is 0 Å². The molecule has 0 amide bonds. The van der Waals surface area contributed by atoms with Gasteiger partial charge < -0.3 is 16.2 Å². The van der Waals surface area contributed by atoms with E-state index in [-0.39, 0.29) is 24.3 Å². The Morgan fingerprint density at radius 2 is 2.00 bits per heavy atom. The number of benzene rings is 1. The molecular formula is C11H14N4O6. The number of nitrogens with one attached hydrogen (secondary N) is 1. The Morgan fingerprint density at radius 3 is 2.52 bits per heavy atom. The van der Waals surface area contributed by atoms with Crippen LogP contribution in [0.15, 0.2) is 18.2 Å². The Labute approximate surface area is 118 Å². The van der Waals surface area contributed by atoms with Gasteiger partial charge in [-0.1, -0.05) is 0 Å². The second-order valence-electron chi connectivity index (χ2n) is 4.23. The minimum Gasteiger partial charge on any atom is -0.480 e. The van der Waals surface area contributed by atoms with E-state index in [1.54, 1.807) is 0 Å². The van der Waals surface area contributed by atoms with Crippen molar-refractivity contribution >= 4 is 23.0 Å². The number of hydrogen-bond acceptors (Lipinski definition) is 7. The number of non-ortho nitro benzene ring substituents is 1. The smallest absolute Gasteiger partial charge is 0.320 e. The first kappa shape index (κ1) is 16.3. The third-order valence-corrected chi connectivity index (χ3v) is 2.71. The van der Waals surface area contributed by atoms with E-state index in [4.69, 9.17) is 10.8 Å². The second-order valence-corrected chi connectivity index (χ2v) is 4.23. The van der Waals surface area contributed by atoms with Gasteiger partial charge in [0.05, 0.1) is 15.9 Å². The topological polar surface area (TPSA) is 162 Å². The summed E-state index contributed by atoms with van der Waals surface area (Å²) in [6, 6.07) is 2.27. The maximum absolute atomic E-state index is 10.9. The Hall–Kier alpha value is -2.75. The van der Waals surface area contributed by atoms with Gasteiger partial charge in [0.2, 0.25) is 0 Å². The number of carboxylic acids is 1. The monoisotopic (exact) mass is 298 g/mol. The maximum Gasteiger partial charge on any atom is 0.320 e. The predicted octanol–water partition coefficient (Wildman–Crippen LogP) is 1.11. The van der Waals surface area contributed by atoms with Crippen LogP contribution in [0.3, 0.4) is 0 Å². The number of nitro groups is 2. The summed E-state index contributed by atoms with van der Waals surface area (Å²) < 4.78 is 0. The molecule has 0 spiro atoms. The number of hydrogen-bond donors (Lipinski definition) is 3. The first-order chi connectivity index (χ1) is 9.82. The van der Waals surface area contributed by atoms with E-state index in [9.17, 15) is 25.0 Å². The van der Waals surface area contributed by atoms with Crippen molar-refractivity contribution in [2.24, 2.45) is 5.73 Å². The molecule has 0 heterocycles. The van der Waals surface area contributed by atoms with Crippen LogP contribution in [-0.4, -0.2) is 33.5 Å². The zero-order valence-corrected chi connectivity index (χ0v) is 10.9. The fraction of sp³-hybridized carbons (Fsp3) is 0.364. The van der Waals surface area contributed by atoms with Crippen LogP contribution in [0.2, 0.25) is 0 Å². The highest BCUT2D eigenvalue weighted by atomic mass is 16.6. The third kappa shape index (κ3) is 4.69. The molecule has 1 aromatic carbocycles. The molecule has 114 valence electrons. The van der Waals surface area contributed by atoms with E-state index in [2.05, 4.69) is 5.32 Å². The summed E-state index contributed by atoms with van der Waals surface area (Å²) in [5, 5.41) is 32.8. The lowest BCUT2D eigenvalue weighted by molar-refractivity contribution is -0.393. The molecule has 1 atom stereocenters. The summed E-state index contributed by atoms with van der Waals surface area (Å²) in [7, 11) is 0. The number of carboxylic acid groups (broad SMARTS) is 1. The molecule has 0 bridgehead atoms. The number of nitro benzene ring substituents is 2. The molecule has 0 aliphatic carbocycles. The lowest BCUT2D eigenvalue weighted by atomic mass is 10.1. The molecule has 10 nitrogen and oxygen atoms in total. The first-order valence-corrected chi connectivity index (χ1v) is 5.98. The van der Waals surface area contributed by atoms with Gasteiger partial charge in [0.15, 0.2) is 0 Å². The number of rotatable bonds is 8. The first-order valence-electron chi connectivity index (χ1n) is 5.98. The standard InChI is InChI=1S/C11H14N4O6/c12-8(11(16)17)2-1-5-13-9-4-3-7(14(18)19)6-10(9)15(20)21/h3-4,6,8,13H,1-2,5,12H2,(H,16,17)/t8-/m0/s1. The highest BCUT2D eigenvalue weighted by Crippen LogP contribution is 2.28. The van der Waals surface area contributed by atoms with E-state index in [1.807, 2.05) is 0 Å². The number of nitrogens with zero attached hydrogens (tertiary/aromatic N) is 2. The lowest BCUT2D eigenvalue weighted by Crippen LogP contribution is -2.30. The Balaban J connectivity index is 2.68. The molecular weight excluding hydrogens is 284 g/mol. The molecule has 0 unspecified atom stereocenters. The average Bonchev–Trinajstić information content (AvgIpc) is 2.42. The molecule has 0 aromatic heterocycles. The minimum atomic E-state index is -1.11. The molecule has 1 aromatic rings. The average molecular weight is 298 g/mol. The SMILES string of the molecule is N[C@@H](CCCNc1ccc([N+](=O)[O-])cc1[N+](=O)[O-])C(=O)O. The number of nitrogens with two attached hydrogens (primary N) is 1. The zero-order valence-electron chi connectivity index (χ0n) is 10.9. The maximum atomic E-state index is 10.9. The summed E-state index contributed by atoms with van der Waals surface area (Å²) in [6.07, 6.45) is 0.602. The molecule has 0 saturated heterocycles. The van der Waals surface area contributed by atoms with Crippen LogP contribution in [0.1, 0.15) is 12.8 Å². The van der Waals surface area contributed by atoms with Crippen molar-refractivity contribution in [3.63, 3.8) is 0 Å². The van der Waals surface area contributed by atoms with E-state index in [1.165, 1.54) is 6.07 Å². The summed E-state index contributed by atoms with van der Waals surface area (Å²) in [5.74, 6) is -1.11. The van der Waals surface area contributed by atoms with E-state index >= 15 is 0 Å². The molecule has 4 N–H and O–H groups in total. The summed E-state index contributed by atoms with van der Waals surface area (Å²) in [6.45, 7) is 0.264. The second kappa shape index (κ2) is 7.14. The van der Waals surface area contributed by atoms with Gasteiger partial charge in [-0.3, -0.25) is 25.0 Å². The van der Waals surface area contributed by atoms with Crippen LogP contribution in [0.4, 0.5) is 17.1 Å². The quantitative estimate of drug-likeness (QED) is 0.365. The van der Waals surface area contributed by atoms with Crippen LogP contribution in [0.25, 0.3) is 0 Å². The summed E-state index contributed by atoms with van der Waals surface area (Å²) in [4.78, 5) is 30.5. The van der Waals surface area contributed by atoms with Crippen LogP contribution < -0.4 is 11.1 Å². The van der Waals surface area contributed by atoms with Crippen LogP contribution in [-0.2, 0) is 4.79 Å². The van der Waals surface area contributed by atoms with Gasteiger partial charge >= 0.3 is 5.97 Å². The molecule has 0 saturated carbocycles. The van der Waals surface area contributed by atoms with Crippen molar-refractivity contribution in [1.29, 1.82) is 0 Å². The Morgan fingerprint density at radius 1 is 1.33 bits per heavy atom. The van der Waals surface area contributed by atoms with E-state index in [0.29, 0.717) is 6.42 Å². The fourth-order valence-electron chi connectivity index (χ4n) is 1.60. The van der Waals surface area contributed by atoms with Crippen molar-refractivity contribution < 1.29 is 19.7 Å². The van der Waals surface area contributed by atoms with Gasteiger partial charge in [0, 0.05) is 12.6 Å². The molecule has 1 rings (SSSR count). The highest BCUT2D eigenvalue weighted by Gasteiger charge is 2.19. The number of aliphatic carboxylic acids is 1. The van der Waals surface area contributed by atoms with Crippen molar-refractivity contribution in [1.82, 2.24) is 0 Å². The van der Waals surface area contributed by atoms with Crippen LogP contribution in [0.5, 0.6) is 0 Å². The summed E-state index contributed by atoms with van der Waals surface area (Å²) in [5.41, 5.74) is 4.67. The molecule has 10 heteroatoms. The molecule has 0 aliphatic rings. The predicted molar refractivity (Wildman–Crippen MR) is 73.1 cm³/mol. The molecule has 0 radical (unpaired) electrons. The molecule has 21 heavy (non-hydrogen) atoms. The van der Waals surface area contributed by atoms with Gasteiger partial charge in [-0.15, -0.1) is 0 Å². The van der Waals surface area contributed by atoms with Gasteiger partial charge in [-0.05, 0) is 18.9 Å². The van der Waals surface area contributed by atoms with Gasteiger partial charge in [0.25, 0.3) is 11.4 Å². The highest BCUT2D eigenvalue weighted by molar-refractivity contribution is 5.73. The summed E-state index contributed by atoms with van der Waals surface area (Å²) >= 11 is 0. The van der Waals surface area contributed by atoms with Gasteiger partial charge in [-0.2, -0.15) is 0 Å². The minimum absolute atomic E-state index is 0.134. The van der Waals surface area contributed by atoms with Gasteiger partial charge in [0.1, 0.15) is 11.7 Å². The number of carbonyl (C=O) groups is 1. The normalized spacial score (nSPS) is 11.7. The third-order valence-electron chi connectivity index (χ3n) is 2.71. The van der Waals surface area contributed by atoms with Gasteiger partial charge in [-0.25, -0.2) is 0 Å².